The number of rotatable bonds is 4. The minimum Gasteiger partial charge on any atom is -0.273 e. The van der Waals surface area contributed by atoms with Crippen LogP contribution in [0.25, 0.3) is 0 Å². The number of alkyl halides is 3. The van der Waals surface area contributed by atoms with E-state index < -0.39 is 11.7 Å². The fourth-order valence-corrected chi connectivity index (χ4v) is 1.15. The van der Waals surface area contributed by atoms with Crippen molar-refractivity contribution >= 4 is 0 Å². The predicted molar refractivity (Wildman–Crippen MR) is 48.9 cm³/mol. The Morgan fingerprint density at radius 1 is 1.33 bits per heavy atom. The second kappa shape index (κ2) is 4.77. The number of hydrogen-bond donors (Lipinski definition) is 1. The van der Waals surface area contributed by atoms with Gasteiger partial charge >= 0.3 is 6.18 Å². The van der Waals surface area contributed by atoms with E-state index in [1.165, 1.54) is 6.07 Å². The van der Waals surface area contributed by atoms with Gasteiger partial charge in [-0.2, -0.15) is 13.2 Å². The van der Waals surface area contributed by atoms with Crippen molar-refractivity contribution in [3.63, 3.8) is 0 Å². The summed E-state index contributed by atoms with van der Waals surface area (Å²) < 4.78 is 36.8. The molecule has 82 valence electrons. The number of benzene rings is 1. The van der Waals surface area contributed by atoms with Crippen LogP contribution in [0.15, 0.2) is 29.6 Å². The molecule has 0 saturated heterocycles. The van der Waals surface area contributed by atoms with E-state index in [0.717, 1.165) is 12.1 Å². The minimum absolute atomic E-state index is 0.227. The summed E-state index contributed by atoms with van der Waals surface area (Å²) in [6, 6.07) is 4.98. The zero-order chi connectivity index (χ0) is 11.3. The van der Waals surface area contributed by atoms with Crippen LogP contribution in [0.3, 0.4) is 0 Å². The Labute approximate surface area is 84.2 Å². The minimum atomic E-state index is -4.33. The highest BCUT2D eigenvalue weighted by Crippen LogP contribution is 2.29. The van der Waals surface area contributed by atoms with E-state index in [1.807, 2.05) is 0 Å². The van der Waals surface area contributed by atoms with Gasteiger partial charge in [0.2, 0.25) is 0 Å². The molecule has 0 aliphatic carbocycles. The molecular formula is C9H9F3N2O. The second-order valence-electron chi connectivity index (χ2n) is 2.95. The van der Waals surface area contributed by atoms with Crippen molar-refractivity contribution in [2.45, 2.75) is 12.6 Å². The summed E-state index contributed by atoms with van der Waals surface area (Å²) >= 11 is 0. The third kappa shape index (κ3) is 3.57. The fourth-order valence-electron chi connectivity index (χ4n) is 1.15. The van der Waals surface area contributed by atoms with Gasteiger partial charge in [0.05, 0.1) is 5.56 Å². The number of nitroso groups, excluding NO2 is 1. The molecule has 15 heavy (non-hydrogen) atoms. The third-order valence-corrected chi connectivity index (χ3v) is 1.84. The van der Waals surface area contributed by atoms with Crippen LogP contribution in [-0.2, 0) is 12.6 Å². The monoisotopic (exact) mass is 218 g/mol. The van der Waals surface area contributed by atoms with Gasteiger partial charge in [-0.25, -0.2) is 0 Å². The lowest BCUT2D eigenvalue weighted by molar-refractivity contribution is -0.137. The first-order chi connectivity index (χ1) is 7.04. The lowest BCUT2D eigenvalue weighted by Gasteiger charge is -2.08. The van der Waals surface area contributed by atoms with Crippen molar-refractivity contribution in [2.24, 2.45) is 5.29 Å². The Balaban J connectivity index is 2.70. The van der Waals surface area contributed by atoms with Crippen LogP contribution >= 0.6 is 0 Å². The summed E-state index contributed by atoms with van der Waals surface area (Å²) in [5.74, 6) is 0. The smallest absolute Gasteiger partial charge is 0.273 e. The molecule has 0 heterocycles. The van der Waals surface area contributed by atoms with Crippen molar-refractivity contribution in [3.05, 3.63) is 40.3 Å². The number of nitrogens with zero attached hydrogens (tertiary/aromatic N) is 1. The van der Waals surface area contributed by atoms with E-state index >= 15 is 0 Å². The first-order valence-corrected chi connectivity index (χ1v) is 4.25. The fraction of sp³-hybridized carbons (Fsp3) is 0.333. The molecule has 0 amide bonds. The van der Waals surface area contributed by atoms with Crippen LogP contribution < -0.4 is 5.43 Å². The third-order valence-electron chi connectivity index (χ3n) is 1.84. The molecular weight excluding hydrogens is 209 g/mol. The Morgan fingerprint density at radius 3 is 2.67 bits per heavy atom. The summed E-state index contributed by atoms with van der Waals surface area (Å²) in [4.78, 5) is 9.68. The maximum atomic E-state index is 12.3. The molecule has 0 atom stereocenters. The molecule has 3 nitrogen and oxygen atoms in total. The second-order valence-corrected chi connectivity index (χ2v) is 2.95. The van der Waals surface area contributed by atoms with Crippen molar-refractivity contribution in [1.29, 1.82) is 0 Å². The summed E-state index contributed by atoms with van der Waals surface area (Å²) in [6.45, 7) is 0.227. The van der Waals surface area contributed by atoms with Gasteiger partial charge in [-0.15, -0.1) is 4.91 Å². The van der Waals surface area contributed by atoms with Crippen LogP contribution in [0.4, 0.5) is 13.2 Å². The molecule has 0 radical (unpaired) electrons. The standard InChI is InChI=1S/C9H9F3N2O/c10-9(11,12)8-3-1-2-7(6-8)4-5-13-14-15/h1-3,6H,4-5H2,(H,13,15). The van der Waals surface area contributed by atoms with Crippen molar-refractivity contribution < 1.29 is 13.2 Å². The van der Waals surface area contributed by atoms with Crippen molar-refractivity contribution in [3.8, 4) is 0 Å². The number of nitrogens with one attached hydrogen (secondary N) is 1. The first-order valence-electron chi connectivity index (χ1n) is 4.25. The highest BCUT2D eigenvalue weighted by atomic mass is 19.4. The summed E-state index contributed by atoms with van der Waals surface area (Å²) in [5, 5.41) is 2.40. The summed E-state index contributed by atoms with van der Waals surface area (Å²) in [7, 11) is 0. The topological polar surface area (TPSA) is 41.5 Å². The molecule has 0 aromatic heterocycles. The zero-order valence-electron chi connectivity index (χ0n) is 7.71. The summed E-state index contributed by atoms with van der Waals surface area (Å²) in [6.07, 6.45) is -4.00. The Morgan fingerprint density at radius 2 is 2.07 bits per heavy atom. The van der Waals surface area contributed by atoms with Gasteiger partial charge in [0.15, 0.2) is 0 Å². The molecule has 0 aliphatic rings. The van der Waals surface area contributed by atoms with Gasteiger partial charge in [0.25, 0.3) is 0 Å². The normalized spacial score (nSPS) is 11.1. The van der Waals surface area contributed by atoms with Gasteiger partial charge in [-0.1, -0.05) is 18.2 Å². The largest absolute Gasteiger partial charge is 0.416 e. The van der Waals surface area contributed by atoms with E-state index in [-0.39, 0.29) is 6.54 Å². The molecule has 1 aromatic rings. The molecule has 0 spiro atoms. The Kier molecular flexibility index (Phi) is 3.65. The molecule has 1 aromatic carbocycles. The summed E-state index contributed by atoms with van der Waals surface area (Å²) in [5.41, 5.74) is 1.98. The van der Waals surface area contributed by atoms with Crippen LogP contribution in [0.5, 0.6) is 0 Å². The maximum Gasteiger partial charge on any atom is 0.416 e. The van der Waals surface area contributed by atoms with Crippen LogP contribution in [0.1, 0.15) is 11.1 Å². The molecule has 0 aliphatic heterocycles. The van der Waals surface area contributed by atoms with E-state index in [4.69, 9.17) is 0 Å². The van der Waals surface area contributed by atoms with Crippen LogP contribution in [0.2, 0.25) is 0 Å². The Bertz CT molecular complexity index is 338. The molecule has 1 rings (SSSR count). The quantitative estimate of drug-likeness (QED) is 0.479. The average molecular weight is 218 g/mol. The van der Waals surface area contributed by atoms with Crippen LogP contribution in [0, 0.1) is 4.91 Å². The highest BCUT2D eigenvalue weighted by molar-refractivity contribution is 5.25. The van der Waals surface area contributed by atoms with Gasteiger partial charge in [0.1, 0.15) is 0 Å². The van der Waals surface area contributed by atoms with Gasteiger partial charge in [-0.3, -0.25) is 5.43 Å². The molecule has 0 fully saturated rings. The van der Waals surface area contributed by atoms with Gasteiger partial charge < -0.3 is 0 Å². The lowest BCUT2D eigenvalue weighted by atomic mass is 10.1. The van der Waals surface area contributed by atoms with E-state index in [1.54, 1.807) is 6.07 Å². The zero-order valence-corrected chi connectivity index (χ0v) is 7.71. The molecule has 0 unspecified atom stereocenters. The maximum absolute atomic E-state index is 12.3. The predicted octanol–water partition coefficient (Wildman–Crippen LogP) is 2.52. The van der Waals surface area contributed by atoms with E-state index in [2.05, 4.69) is 10.7 Å². The lowest BCUT2D eigenvalue weighted by Crippen LogP contribution is -2.10. The molecule has 0 bridgehead atoms. The molecule has 6 heteroatoms. The number of halogens is 3. The SMILES string of the molecule is O=NNCCc1cccc(C(F)(F)F)c1. The van der Waals surface area contributed by atoms with E-state index in [9.17, 15) is 18.1 Å². The molecule has 0 saturated carbocycles. The van der Waals surface area contributed by atoms with E-state index in [0.29, 0.717) is 12.0 Å². The average Bonchev–Trinajstić information content (AvgIpc) is 2.17. The van der Waals surface area contributed by atoms with Gasteiger partial charge in [-0.05, 0) is 18.1 Å². The van der Waals surface area contributed by atoms with Crippen molar-refractivity contribution in [1.82, 2.24) is 5.43 Å². The van der Waals surface area contributed by atoms with Crippen molar-refractivity contribution in [2.75, 3.05) is 6.54 Å². The number of hydrogen-bond acceptors (Lipinski definition) is 2. The first kappa shape index (κ1) is 11.5. The Hall–Kier alpha value is -1.59. The van der Waals surface area contributed by atoms with Crippen LogP contribution in [-0.4, -0.2) is 6.54 Å². The molecule has 1 N–H and O–H groups in total. The highest BCUT2D eigenvalue weighted by Gasteiger charge is 2.30. The van der Waals surface area contributed by atoms with Gasteiger partial charge in [0, 0.05) is 11.8 Å².